The summed E-state index contributed by atoms with van der Waals surface area (Å²) in [5.74, 6) is 0.794. The number of hydrogen-bond acceptors (Lipinski definition) is 5. The van der Waals surface area contributed by atoms with Crippen molar-refractivity contribution in [1.29, 1.82) is 0 Å². The smallest absolute Gasteiger partial charge is 0.228 e. The standard InChI is InChI=1S/C23H27NO4/c1-15-19-11-10-18(27-14-17(25)13-24-23(2,3)4)12-20(19)28-22(15)21(26)16-8-6-5-7-9-16/h5-12,17,24-25H,13-14H2,1-4H3. The number of ketones is 1. The van der Waals surface area contributed by atoms with Gasteiger partial charge in [-0.15, -0.1) is 0 Å². The third-order valence-corrected chi connectivity index (χ3v) is 4.46. The molecule has 0 amide bonds. The second-order valence-corrected chi connectivity index (χ2v) is 8.01. The van der Waals surface area contributed by atoms with Crippen molar-refractivity contribution in [3.05, 3.63) is 65.4 Å². The number of carbonyl (C=O) groups excluding carboxylic acids is 1. The monoisotopic (exact) mass is 381 g/mol. The van der Waals surface area contributed by atoms with Crippen LogP contribution in [0.4, 0.5) is 0 Å². The Morgan fingerprint density at radius 1 is 1.18 bits per heavy atom. The summed E-state index contributed by atoms with van der Waals surface area (Å²) in [5.41, 5.74) is 1.94. The number of fused-ring (bicyclic) bond motifs is 1. The first kappa shape index (κ1) is 20.1. The maximum absolute atomic E-state index is 12.7. The summed E-state index contributed by atoms with van der Waals surface area (Å²) in [4.78, 5) is 12.7. The molecule has 3 aromatic rings. The zero-order valence-corrected chi connectivity index (χ0v) is 16.8. The first-order valence-electron chi connectivity index (χ1n) is 9.43. The van der Waals surface area contributed by atoms with Crippen LogP contribution in [0.3, 0.4) is 0 Å². The van der Waals surface area contributed by atoms with Crippen molar-refractivity contribution in [3.8, 4) is 5.75 Å². The number of aliphatic hydroxyl groups excluding tert-OH is 1. The lowest BCUT2D eigenvalue weighted by Crippen LogP contribution is -2.42. The number of carbonyl (C=O) groups is 1. The maximum Gasteiger partial charge on any atom is 0.228 e. The van der Waals surface area contributed by atoms with E-state index < -0.39 is 6.10 Å². The van der Waals surface area contributed by atoms with Crippen molar-refractivity contribution in [2.45, 2.75) is 39.3 Å². The zero-order chi connectivity index (χ0) is 20.3. The highest BCUT2D eigenvalue weighted by Crippen LogP contribution is 2.30. The van der Waals surface area contributed by atoms with Gasteiger partial charge in [0.1, 0.15) is 24.0 Å². The van der Waals surface area contributed by atoms with Crippen LogP contribution in [0.15, 0.2) is 52.9 Å². The second-order valence-electron chi connectivity index (χ2n) is 8.01. The van der Waals surface area contributed by atoms with E-state index in [1.807, 2.05) is 58.0 Å². The lowest BCUT2D eigenvalue weighted by Gasteiger charge is -2.22. The molecule has 0 aliphatic carbocycles. The molecule has 3 rings (SSSR count). The minimum Gasteiger partial charge on any atom is -0.491 e. The largest absolute Gasteiger partial charge is 0.491 e. The van der Waals surface area contributed by atoms with Crippen LogP contribution in [0.2, 0.25) is 0 Å². The van der Waals surface area contributed by atoms with Gasteiger partial charge in [0, 0.05) is 34.7 Å². The molecule has 28 heavy (non-hydrogen) atoms. The normalized spacial score (nSPS) is 12.9. The summed E-state index contributed by atoms with van der Waals surface area (Å²) in [6.45, 7) is 8.63. The first-order valence-corrected chi connectivity index (χ1v) is 9.43. The van der Waals surface area contributed by atoms with E-state index in [-0.39, 0.29) is 17.9 Å². The summed E-state index contributed by atoms with van der Waals surface area (Å²) in [6, 6.07) is 14.5. The number of benzene rings is 2. The maximum atomic E-state index is 12.7. The van der Waals surface area contributed by atoms with E-state index in [4.69, 9.17) is 9.15 Å². The Bertz CT molecular complexity index is 954. The summed E-state index contributed by atoms with van der Waals surface area (Å²) in [7, 11) is 0. The van der Waals surface area contributed by atoms with Gasteiger partial charge in [-0.05, 0) is 39.8 Å². The van der Waals surface area contributed by atoms with E-state index in [0.29, 0.717) is 29.2 Å². The molecule has 5 nitrogen and oxygen atoms in total. The average molecular weight is 381 g/mol. The zero-order valence-electron chi connectivity index (χ0n) is 16.8. The summed E-state index contributed by atoms with van der Waals surface area (Å²) < 4.78 is 11.6. The van der Waals surface area contributed by atoms with Crippen LogP contribution in [0.25, 0.3) is 11.0 Å². The Kier molecular flexibility index (Phi) is 5.87. The molecule has 5 heteroatoms. The highest BCUT2D eigenvalue weighted by molar-refractivity contribution is 6.10. The van der Waals surface area contributed by atoms with Gasteiger partial charge in [0.2, 0.25) is 5.78 Å². The molecule has 1 heterocycles. The molecule has 1 aromatic heterocycles. The van der Waals surface area contributed by atoms with Gasteiger partial charge < -0.3 is 19.6 Å². The van der Waals surface area contributed by atoms with E-state index >= 15 is 0 Å². The Morgan fingerprint density at radius 2 is 1.89 bits per heavy atom. The van der Waals surface area contributed by atoms with Crippen LogP contribution in [0, 0.1) is 6.92 Å². The highest BCUT2D eigenvalue weighted by atomic mass is 16.5. The van der Waals surface area contributed by atoms with E-state index in [1.54, 1.807) is 18.2 Å². The Morgan fingerprint density at radius 3 is 2.57 bits per heavy atom. The van der Waals surface area contributed by atoms with Crippen LogP contribution in [0.1, 0.15) is 42.5 Å². The van der Waals surface area contributed by atoms with Gasteiger partial charge in [-0.25, -0.2) is 0 Å². The summed E-state index contributed by atoms with van der Waals surface area (Å²) >= 11 is 0. The molecule has 1 atom stereocenters. The second kappa shape index (κ2) is 8.17. The fourth-order valence-electron chi connectivity index (χ4n) is 2.91. The third-order valence-electron chi connectivity index (χ3n) is 4.46. The van der Waals surface area contributed by atoms with E-state index in [9.17, 15) is 9.90 Å². The third kappa shape index (κ3) is 4.80. The molecule has 0 spiro atoms. The van der Waals surface area contributed by atoms with Crippen molar-refractivity contribution in [2.75, 3.05) is 13.2 Å². The number of ether oxygens (including phenoxy) is 1. The van der Waals surface area contributed by atoms with Crippen molar-refractivity contribution < 1.29 is 19.1 Å². The van der Waals surface area contributed by atoms with E-state index in [0.717, 1.165) is 10.9 Å². The molecular weight excluding hydrogens is 354 g/mol. The number of furan rings is 1. The van der Waals surface area contributed by atoms with Crippen LogP contribution in [-0.2, 0) is 0 Å². The van der Waals surface area contributed by atoms with E-state index in [1.165, 1.54) is 0 Å². The molecule has 0 fully saturated rings. The number of aliphatic hydroxyl groups is 1. The van der Waals surface area contributed by atoms with Gasteiger partial charge in [0.25, 0.3) is 0 Å². The topological polar surface area (TPSA) is 71.7 Å². The predicted molar refractivity (Wildman–Crippen MR) is 110 cm³/mol. The summed E-state index contributed by atoms with van der Waals surface area (Å²) in [5, 5.41) is 14.2. The van der Waals surface area contributed by atoms with E-state index in [2.05, 4.69) is 5.32 Å². The number of rotatable bonds is 7. The molecule has 0 aliphatic rings. The fourth-order valence-corrected chi connectivity index (χ4v) is 2.91. The molecule has 0 saturated carbocycles. The van der Waals surface area contributed by atoms with Crippen LogP contribution >= 0.6 is 0 Å². The van der Waals surface area contributed by atoms with Gasteiger partial charge >= 0.3 is 0 Å². The van der Waals surface area contributed by atoms with Gasteiger partial charge in [0.05, 0.1) is 0 Å². The lowest BCUT2D eigenvalue weighted by molar-refractivity contribution is 0.100. The molecule has 0 aliphatic heterocycles. The SMILES string of the molecule is Cc1c(C(=O)c2ccccc2)oc2cc(OCC(O)CNC(C)(C)C)ccc12. The van der Waals surface area contributed by atoms with Crippen molar-refractivity contribution in [3.63, 3.8) is 0 Å². The fraction of sp³-hybridized carbons (Fsp3) is 0.348. The van der Waals surface area contributed by atoms with Crippen LogP contribution in [-0.4, -0.2) is 35.7 Å². The Labute approximate surface area is 165 Å². The van der Waals surface area contributed by atoms with Crippen LogP contribution in [0.5, 0.6) is 5.75 Å². The Balaban J connectivity index is 1.73. The minimum absolute atomic E-state index is 0.0622. The number of aryl methyl sites for hydroxylation is 1. The predicted octanol–water partition coefficient (Wildman–Crippen LogP) is 4.10. The van der Waals surface area contributed by atoms with Gasteiger partial charge in [0.15, 0.2) is 5.76 Å². The van der Waals surface area contributed by atoms with Gasteiger partial charge in [-0.1, -0.05) is 30.3 Å². The number of nitrogens with one attached hydrogen (secondary N) is 1. The highest BCUT2D eigenvalue weighted by Gasteiger charge is 2.19. The molecule has 2 N–H and O–H groups in total. The molecular formula is C23H27NO4. The molecule has 0 saturated heterocycles. The van der Waals surface area contributed by atoms with Gasteiger partial charge in [-0.3, -0.25) is 4.79 Å². The molecule has 1 unspecified atom stereocenters. The first-order chi connectivity index (χ1) is 13.2. The summed E-state index contributed by atoms with van der Waals surface area (Å²) in [6.07, 6.45) is -0.622. The molecule has 148 valence electrons. The van der Waals surface area contributed by atoms with Crippen molar-refractivity contribution >= 4 is 16.8 Å². The average Bonchev–Trinajstić information content (AvgIpc) is 3.00. The minimum atomic E-state index is -0.622. The van der Waals surface area contributed by atoms with Gasteiger partial charge in [-0.2, -0.15) is 0 Å². The number of β-amino-alcohol motifs (C(OH)–C–C–N with tert-alkyl or cyclic N) is 1. The van der Waals surface area contributed by atoms with Crippen molar-refractivity contribution in [1.82, 2.24) is 5.32 Å². The molecule has 0 radical (unpaired) electrons. The lowest BCUT2D eigenvalue weighted by atomic mass is 10.0. The number of hydrogen-bond donors (Lipinski definition) is 2. The van der Waals surface area contributed by atoms with Crippen LogP contribution < -0.4 is 10.1 Å². The van der Waals surface area contributed by atoms with Crippen molar-refractivity contribution in [2.24, 2.45) is 0 Å². The Hall–Kier alpha value is -2.63. The molecule has 2 aromatic carbocycles. The quantitative estimate of drug-likeness (QED) is 0.603. The molecule has 0 bridgehead atoms.